The first-order valence-corrected chi connectivity index (χ1v) is 7.45. The highest BCUT2D eigenvalue weighted by Crippen LogP contribution is 2.48. The molecule has 0 radical (unpaired) electrons. The van der Waals surface area contributed by atoms with Crippen LogP contribution in [0, 0.1) is 5.92 Å². The van der Waals surface area contributed by atoms with Crippen LogP contribution in [0.25, 0.3) is 0 Å². The van der Waals surface area contributed by atoms with Crippen LogP contribution in [0.2, 0.25) is 5.02 Å². The van der Waals surface area contributed by atoms with Gasteiger partial charge in [-0.3, -0.25) is 4.79 Å². The molecule has 1 fully saturated rings. The van der Waals surface area contributed by atoms with Crippen molar-refractivity contribution < 1.29 is 19.4 Å². The van der Waals surface area contributed by atoms with Gasteiger partial charge in [0.1, 0.15) is 0 Å². The molecule has 2 heterocycles. The van der Waals surface area contributed by atoms with Gasteiger partial charge in [0.05, 0.1) is 5.92 Å². The van der Waals surface area contributed by atoms with Gasteiger partial charge in [0.15, 0.2) is 11.5 Å². The monoisotopic (exact) mass is 311 g/mol. The van der Waals surface area contributed by atoms with E-state index in [-0.39, 0.29) is 24.7 Å². The predicted molar refractivity (Wildman–Crippen MR) is 78.2 cm³/mol. The molecule has 1 saturated heterocycles. The molecule has 0 saturated carbocycles. The third kappa shape index (κ3) is 2.45. The molecular weight excluding hydrogens is 294 g/mol. The first-order valence-electron chi connectivity index (χ1n) is 7.07. The number of benzene rings is 1. The molecule has 0 aromatic heterocycles. The van der Waals surface area contributed by atoms with E-state index in [1.54, 1.807) is 6.07 Å². The van der Waals surface area contributed by atoms with Gasteiger partial charge in [-0.15, -0.1) is 0 Å². The van der Waals surface area contributed by atoms with Crippen molar-refractivity contribution in [3.63, 3.8) is 0 Å². The summed E-state index contributed by atoms with van der Waals surface area (Å²) in [7, 11) is 0. The van der Waals surface area contributed by atoms with Crippen LogP contribution in [0.4, 0.5) is 0 Å². The normalized spacial score (nSPS) is 23.8. The number of halogens is 1. The minimum Gasteiger partial charge on any atom is -0.481 e. The topological polar surface area (TPSA) is 67.8 Å². The molecule has 2 N–H and O–H groups in total. The van der Waals surface area contributed by atoms with Crippen LogP contribution in [0.15, 0.2) is 6.07 Å². The molecule has 1 aromatic carbocycles. The number of nitrogens with one attached hydrogen (secondary N) is 1. The van der Waals surface area contributed by atoms with Crippen LogP contribution in [0.5, 0.6) is 11.5 Å². The SMILES string of the molecule is CC(C)c1c2c(cc(Cl)c1C1CC(C(=O)O)CN1)OCO2. The van der Waals surface area contributed by atoms with Crippen LogP contribution < -0.4 is 14.8 Å². The number of carboxylic acids is 1. The molecule has 2 aliphatic heterocycles. The van der Waals surface area contributed by atoms with E-state index < -0.39 is 5.97 Å². The standard InChI is InChI=1S/C15H18ClNO4/c1-7(2)12-13(10-3-8(5-17-10)15(18)19)9(16)4-11-14(12)21-6-20-11/h4,7-8,10,17H,3,5-6H2,1-2H3,(H,18,19). The van der Waals surface area contributed by atoms with Crippen LogP contribution in [0.3, 0.4) is 0 Å². The Morgan fingerprint density at radius 3 is 2.86 bits per heavy atom. The van der Waals surface area contributed by atoms with E-state index in [0.717, 1.165) is 16.9 Å². The second-order valence-corrected chi connectivity index (χ2v) is 6.21. The average molecular weight is 312 g/mol. The fourth-order valence-corrected chi connectivity index (χ4v) is 3.45. The minimum atomic E-state index is -0.770. The van der Waals surface area contributed by atoms with Crippen molar-refractivity contribution in [2.75, 3.05) is 13.3 Å². The summed E-state index contributed by atoms with van der Waals surface area (Å²) in [6.07, 6.45) is 0.536. The van der Waals surface area contributed by atoms with Crippen LogP contribution in [-0.4, -0.2) is 24.4 Å². The van der Waals surface area contributed by atoms with Crippen LogP contribution >= 0.6 is 11.6 Å². The van der Waals surface area contributed by atoms with Gasteiger partial charge in [0, 0.05) is 29.2 Å². The number of hydrogen-bond acceptors (Lipinski definition) is 4. The molecule has 1 aromatic rings. The Labute approximate surface area is 128 Å². The quantitative estimate of drug-likeness (QED) is 0.898. The maximum absolute atomic E-state index is 11.2. The Hall–Kier alpha value is -1.46. The van der Waals surface area contributed by atoms with Crippen molar-refractivity contribution in [3.8, 4) is 11.5 Å². The summed E-state index contributed by atoms with van der Waals surface area (Å²) in [5, 5.41) is 13.0. The van der Waals surface area contributed by atoms with Crippen LogP contribution in [0.1, 0.15) is 43.4 Å². The zero-order valence-corrected chi connectivity index (χ0v) is 12.7. The van der Waals surface area contributed by atoms with Crippen molar-refractivity contribution in [3.05, 3.63) is 22.2 Å². The number of carbonyl (C=O) groups is 1. The van der Waals surface area contributed by atoms with Crippen molar-refractivity contribution >= 4 is 17.6 Å². The highest BCUT2D eigenvalue weighted by Gasteiger charge is 2.35. The first-order chi connectivity index (χ1) is 9.99. The Kier molecular flexibility index (Phi) is 3.71. The molecule has 3 rings (SSSR count). The van der Waals surface area contributed by atoms with Crippen molar-refractivity contribution in [1.29, 1.82) is 0 Å². The molecule has 21 heavy (non-hydrogen) atoms. The van der Waals surface area contributed by atoms with E-state index in [1.165, 1.54) is 0 Å². The number of hydrogen-bond donors (Lipinski definition) is 2. The molecule has 6 heteroatoms. The lowest BCUT2D eigenvalue weighted by Gasteiger charge is -2.21. The van der Waals surface area contributed by atoms with Gasteiger partial charge in [0.25, 0.3) is 0 Å². The number of ether oxygens (including phenoxy) is 2. The molecule has 2 unspecified atom stereocenters. The Morgan fingerprint density at radius 2 is 2.24 bits per heavy atom. The van der Waals surface area contributed by atoms with Gasteiger partial charge in [-0.05, 0) is 17.9 Å². The molecule has 0 spiro atoms. The molecule has 0 aliphatic carbocycles. The highest BCUT2D eigenvalue weighted by molar-refractivity contribution is 6.31. The summed E-state index contributed by atoms with van der Waals surface area (Å²) in [6.45, 7) is 4.80. The minimum absolute atomic E-state index is 0.0644. The second-order valence-electron chi connectivity index (χ2n) is 5.81. The van der Waals surface area contributed by atoms with E-state index in [9.17, 15) is 4.79 Å². The van der Waals surface area contributed by atoms with Gasteiger partial charge in [0.2, 0.25) is 6.79 Å². The average Bonchev–Trinajstić information content (AvgIpc) is 3.04. The Morgan fingerprint density at radius 1 is 1.48 bits per heavy atom. The van der Waals surface area contributed by atoms with E-state index in [1.807, 2.05) is 0 Å². The summed E-state index contributed by atoms with van der Waals surface area (Å²) in [5.41, 5.74) is 1.96. The van der Waals surface area contributed by atoms with Gasteiger partial charge >= 0.3 is 5.97 Å². The van der Waals surface area contributed by atoms with Gasteiger partial charge < -0.3 is 19.9 Å². The smallest absolute Gasteiger partial charge is 0.307 e. The Balaban J connectivity index is 2.04. The molecule has 5 nitrogen and oxygen atoms in total. The molecular formula is C15H18ClNO4. The third-order valence-corrected chi connectivity index (χ3v) is 4.41. The number of aliphatic carboxylic acids is 1. The summed E-state index contributed by atoms with van der Waals surface area (Å²) >= 11 is 6.44. The summed E-state index contributed by atoms with van der Waals surface area (Å²) in [5.74, 6) is 0.467. The lowest BCUT2D eigenvalue weighted by Crippen LogP contribution is -2.18. The summed E-state index contributed by atoms with van der Waals surface area (Å²) in [4.78, 5) is 11.2. The number of carboxylic acid groups (broad SMARTS) is 1. The first kappa shape index (κ1) is 14.5. The lowest BCUT2D eigenvalue weighted by molar-refractivity contribution is -0.141. The van der Waals surface area contributed by atoms with Gasteiger partial charge in [-0.1, -0.05) is 25.4 Å². The fraction of sp³-hybridized carbons (Fsp3) is 0.533. The van der Waals surface area contributed by atoms with Crippen molar-refractivity contribution in [2.24, 2.45) is 5.92 Å². The fourth-order valence-electron chi connectivity index (χ4n) is 3.12. The maximum Gasteiger partial charge on any atom is 0.307 e. The van der Waals surface area contributed by atoms with E-state index in [0.29, 0.717) is 23.7 Å². The van der Waals surface area contributed by atoms with Crippen molar-refractivity contribution in [1.82, 2.24) is 5.32 Å². The zero-order chi connectivity index (χ0) is 15.1. The van der Waals surface area contributed by atoms with Crippen LogP contribution in [-0.2, 0) is 4.79 Å². The van der Waals surface area contributed by atoms with Crippen molar-refractivity contribution in [2.45, 2.75) is 32.2 Å². The molecule has 114 valence electrons. The van der Waals surface area contributed by atoms with Gasteiger partial charge in [-0.2, -0.15) is 0 Å². The van der Waals surface area contributed by atoms with E-state index >= 15 is 0 Å². The van der Waals surface area contributed by atoms with Gasteiger partial charge in [-0.25, -0.2) is 0 Å². The summed E-state index contributed by atoms with van der Waals surface area (Å²) < 4.78 is 11.0. The number of fused-ring (bicyclic) bond motifs is 1. The molecule has 2 aliphatic rings. The van der Waals surface area contributed by atoms with E-state index in [2.05, 4.69) is 19.2 Å². The lowest BCUT2D eigenvalue weighted by atomic mass is 9.89. The second kappa shape index (κ2) is 5.39. The molecule has 2 atom stereocenters. The largest absolute Gasteiger partial charge is 0.481 e. The molecule has 0 amide bonds. The number of rotatable bonds is 3. The highest BCUT2D eigenvalue weighted by atomic mass is 35.5. The Bertz CT molecular complexity index is 588. The molecule has 0 bridgehead atoms. The maximum atomic E-state index is 11.2. The third-order valence-electron chi connectivity index (χ3n) is 4.10. The summed E-state index contributed by atoms with van der Waals surface area (Å²) in [6, 6.07) is 1.70. The van der Waals surface area contributed by atoms with E-state index in [4.69, 9.17) is 26.2 Å². The predicted octanol–water partition coefficient (Wildman–Crippen LogP) is 2.93. The zero-order valence-electron chi connectivity index (χ0n) is 12.0.